The first-order chi connectivity index (χ1) is 17.0. The summed E-state index contributed by atoms with van der Waals surface area (Å²) >= 11 is 0. The molecule has 3 rings (SSSR count). The van der Waals surface area contributed by atoms with Crippen LogP contribution >= 0.6 is 0 Å². The second-order valence-electron chi connectivity index (χ2n) is 9.20. The topological polar surface area (TPSA) is 237 Å². The Kier molecular flexibility index (Phi) is 13.1. The molecule has 15 nitrogen and oxygen atoms in total. The maximum Gasteiger partial charge on any atom is 0.187 e. The van der Waals surface area contributed by atoms with Crippen molar-refractivity contribution in [2.24, 2.45) is 0 Å². The molecule has 0 aromatic rings. The number of aliphatic hydroxyl groups excluding tert-OH is 9. The van der Waals surface area contributed by atoms with Crippen LogP contribution in [0.15, 0.2) is 0 Å². The van der Waals surface area contributed by atoms with E-state index in [1.54, 1.807) is 13.8 Å². The van der Waals surface area contributed by atoms with E-state index in [1.807, 2.05) is 0 Å². The maximum absolute atomic E-state index is 10.7. The molecular formula is C21H37O15Re-. The van der Waals surface area contributed by atoms with Gasteiger partial charge in [0.25, 0.3) is 0 Å². The summed E-state index contributed by atoms with van der Waals surface area (Å²) in [6.07, 6.45) is -19.7. The van der Waals surface area contributed by atoms with Crippen molar-refractivity contribution in [1.29, 1.82) is 0 Å². The van der Waals surface area contributed by atoms with Crippen molar-refractivity contribution in [2.45, 2.75) is 106 Å². The van der Waals surface area contributed by atoms with E-state index in [4.69, 9.17) is 28.4 Å². The average Bonchev–Trinajstić information content (AvgIpc) is 2.84. The molecule has 3 aliphatic heterocycles. The summed E-state index contributed by atoms with van der Waals surface area (Å²) < 4.78 is 32.9. The normalized spacial score (nSPS) is 47.0. The molecule has 3 saturated heterocycles. The summed E-state index contributed by atoms with van der Waals surface area (Å²) in [6.45, 7) is 1.36. The summed E-state index contributed by atoms with van der Waals surface area (Å²) in [4.78, 5) is 0. The monoisotopic (exact) mass is 716 g/mol. The van der Waals surface area contributed by atoms with Crippen LogP contribution in [0.4, 0.5) is 0 Å². The number of aliphatic hydroxyl groups is 9. The Balaban J connectivity index is 0.00000481. The van der Waals surface area contributed by atoms with E-state index in [0.29, 0.717) is 0 Å². The van der Waals surface area contributed by atoms with Gasteiger partial charge in [-0.2, -0.15) is 0 Å². The van der Waals surface area contributed by atoms with Crippen molar-refractivity contribution in [3.05, 3.63) is 6.42 Å². The Morgan fingerprint density at radius 1 is 0.649 bits per heavy atom. The third-order valence-electron chi connectivity index (χ3n) is 6.20. The molecule has 3 fully saturated rings. The minimum atomic E-state index is -1.81. The molecule has 0 amide bonds. The molecule has 0 aliphatic carbocycles. The zero-order chi connectivity index (χ0) is 26.7. The van der Waals surface area contributed by atoms with E-state index in [2.05, 4.69) is 0 Å². The largest absolute Gasteiger partial charge is 0.422 e. The molecule has 0 spiro atoms. The molecule has 16 heteroatoms. The fourth-order valence-electron chi connectivity index (χ4n) is 4.27. The van der Waals surface area contributed by atoms with Crippen LogP contribution in [0.1, 0.15) is 13.8 Å². The SMILES string of the molecule is CC(C)OC1OC(CO)C(OC2OC(CO)C(OC3[CH-]C(O)C(O)C(CO)O3)C(O)C2O)C(O)C1O.[Re]. The van der Waals surface area contributed by atoms with E-state index in [1.165, 1.54) is 0 Å². The van der Waals surface area contributed by atoms with Crippen molar-refractivity contribution >= 4 is 0 Å². The molecule has 0 aromatic carbocycles. The Bertz CT molecular complexity index is 672. The van der Waals surface area contributed by atoms with Gasteiger partial charge in [0.2, 0.25) is 0 Å². The fraction of sp³-hybridized carbons (Fsp3) is 0.952. The van der Waals surface area contributed by atoms with Crippen molar-refractivity contribution in [3.8, 4) is 0 Å². The molecule has 3 heterocycles. The van der Waals surface area contributed by atoms with Crippen LogP contribution in [-0.2, 0) is 48.8 Å². The first kappa shape index (κ1) is 33.3. The Hall–Kier alpha value is 0.0623. The van der Waals surface area contributed by atoms with Gasteiger partial charge in [0.05, 0.1) is 32.0 Å². The molecular weight excluding hydrogens is 678 g/mol. The molecule has 3 aliphatic rings. The summed E-state index contributed by atoms with van der Waals surface area (Å²) in [6, 6.07) is 0. The van der Waals surface area contributed by atoms with Crippen LogP contribution in [-0.4, -0.2) is 158 Å². The smallest absolute Gasteiger partial charge is 0.187 e. The molecule has 1 radical (unpaired) electrons. The van der Waals surface area contributed by atoms with E-state index >= 15 is 0 Å². The molecule has 0 bridgehead atoms. The zero-order valence-corrected chi connectivity index (χ0v) is 22.9. The predicted octanol–water partition coefficient (Wildman–Crippen LogP) is -5.30. The molecule has 0 saturated carbocycles. The summed E-state index contributed by atoms with van der Waals surface area (Å²) in [5.74, 6) is 0. The van der Waals surface area contributed by atoms with E-state index < -0.39 is 106 Å². The molecule has 9 N–H and O–H groups in total. The second kappa shape index (κ2) is 14.6. The van der Waals surface area contributed by atoms with Gasteiger partial charge in [0.15, 0.2) is 12.6 Å². The molecule has 0 aromatic heterocycles. The van der Waals surface area contributed by atoms with Gasteiger partial charge < -0.3 is 74.4 Å². The van der Waals surface area contributed by atoms with Gasteiger partial charge in [-0.1, -0.05) is 0 Å². The van der Waals surface area contributed by atoms with Gasteiger partial charge in [0.1, 0.15) is 54.9 Å². The minimum absolute atomic E-state index is 0. The second-order valence-corrected chi connectivity index (χ2v) is 9.20. The summed E-state index contributed by atoms with van der Waals surface area (Å²) in [5, 5.41) is 90.9. The van der Waals surface area contributed by atoms with Crippen LogP contribution in [0, 0.1) is 6.42 Å². The van der Waals surface area contributed by atoms with E-state index in [0.717, 1.165) is 6.42 Å². The van der Waals surface area contributed by atoms with E-state index in [9.17, 15) is 46.0 Å². The third kappa shape index (κ3) is 7.63. The van der Waals surface area contributed by atoms with Crippen LogP contribution in [0.2, 0.25) is 0 Å². The van der Waals surface area contributed by atoms with Crippen molar-refractivity contribution in [3.63, 3.8) is 0 Å². The number of rotatable bonds is 9. The average molecular weight is 716 g/mol. The van der Waals surface area contributed by atoms with Gasteiger partial charge in [-0.25, -0.2) is 6.42 Å². The van der Waals surface area contributed by atoms with Crippen molar-refractivity contribution < 1.29 is 94.8 Å². The fourth-order valence-corrected chi connectivity index (χ4v) is 4.27. The van der Waals surface area contributed by atoms with E-state index in [-0.39, 0.29) is 26.5 Å². The predicted molar refractivity (Wildman–Crippen MR) is 114 cm³/mol. The number of ether oxygens (including phenoxy) is 6. The van der Waals surface area contributed by atoms with Gasteiger partial charge in [0, 0.05) is 26.7 Å². The van der Waals surface area contributed by atoms with Crippen LogP contribution in [0.25, 0.3) is 0 Å². The first-order valence-corrected chi connectivity index (χ1v) is 11.7. The maximum atomic E-state index is 10.7. The Morgan fingerprint density at radius 3 is 1.65 bits per heavy atom. The molecule has 37 heavy (non-hydrogen) atoms. The molecule has 219 valence electrons. The molecule has 14 unspecified atom stereocenters. The zero-order valence-electron chi connectivity index (χ0n) is 20.2. The molecule has 14 atom stereocenters. The standard InChI is InChI=1S/C21H37O15.Re/c1-7(2)31-20-16(29)15(28)19(11(6-24)33-20)36-21-17(30)14(27)18(10(5-23)34-21)35-12-3-8(25)13(26)9(4-22)32-12;/h3,7-30H,4-6H2,1-2H3;/q-1;. The summed E-state index contributed by atoms with van der Waals surface area (Å²) in [5.41, 5.74) is 0. The van der Waals surface area contributed by atoms with Gasteiger partial charge in [-0.05, 0) is 20.0 Å². The van der Waals surface area contributed by atoms with Crippen LogP contribution in [0.3, 0.4) is 0 Å². The van der Waals surface area contributed by atoms with Crippen molar-refractivity contribution in [2.75, 3.05) is 19.8 Å². The Labute approximate surface area is 227 Å². The number of hydrogen-bond acceptors (Lipinski definition) is 15. The minimum Gasteiger partial charge on any atom is -0.422 e. The van der Waals surface area contributed by atoms with Gasteiger partial charge in [-0.15, -0.1) is 0 Å². The first-order valence-electron chi connectivity index (χ1n) is 11.7. The quantitative estimate of drug-likeness (QED) is 0.101. The summed E-state index contributed by atoms with van der Waals surface area (Å²) in [7, 11) is 0. The Morgan fingerprint density at radius 2 is 1.14 bits per heavy atom. The van der Waals surface area contributed by atoms with Gasteiger partial charge >= 0.3 is 0 Å². The van der Waals surface area contributed by atoms with Crippen LogP contribution in [0.5, 0.6) is 0 Å². The van der Waals surface area contributed by atoms with Crippen LogP contribution < -0.4 is 0 Å². The van der Waals surface area contributed by atoms with Gasteiger partial charge in [-0.3, -0.25) is 0 Å². The van der Waals surface area contributed by atoms with Crippen molar-refractivity contribution in [1.82, 2.24) is 0 Å². The third-order valence-corrected chi connectivity index (χ3v) is 6.20. The number of hydrogen-bond donors (Lipinski definition) is 9.